The molecule has 2 rings (SSSR count). The van der Waals surface area contributed by atoms with Gasteiger partial charge in [0.2, 0.25) is 0 Å². The van der Waals surface area contributed by atoms with Crippen LogP contribution in [0.2, 0.25) is 0 Å². The van der Waals surface area contributed by atoms with Gasteiger partial charge >= 0.3 is 0 Å². The molecule has 1 aliphatic rings. The van der Waals surface area contributed by atoms with Crippen LogP contribution in [0, 0.1) is 0 Å². The zero-order valence-corrected chi connectivity index (χ0v) is 11.8. The minimum absolute atomic E-state index is 0.554. The molecule has 100 valence electrons. The molecule has 1 heterocycles. The van der Waals surface area contributed by atoms with E-state index in [1.807, 2.05) is 6.20 Å². The second-order valence-corrected chi connectivity index (χ2v) is 5.22. The predicted molar refractivity (Wildman–Crippen MR) is 76.9 cm³/mol. The van der Waals surface area contributed by atoms with E-state index in [4.69, 9.17) is 0 Å². The van der Waals surface area contributed by atoms with Crippen LogP contribution in [0.3, 0.4) is 0 Å². The van der Waals surface area contributed by atoms with E-state index in [1.54, 1.807) is 0 Å². The van der Waals surface area contributed by atoms with Crippen LogP contribution in [0.15, 0.2) is 18.3 Å². The third-order valence-electron chi connectivity index (χ3n) is 3.74. The van der Waals surface area contributed by atoms with Crippen molar-refractivity contribution in [2.24, 2.45) is 0 Å². The van der Waals surface area contributed by atoms with Gasteiger partial charge in [0.15, 0.2) is 0 Å². The van der Waals surface area contributed by atoms with E-state index in [9.17, 15) is 0 Å². The monoisotopic (exact) mass is 247 g/mol. The Morgan fingerprint density at radius 1 is 1.39 bits per heavy atom. The fourth-order valence-corrected chi connectivity index (χ4v) is 2.16. The Labute approximate surface area is 111 Å². The number of hydrogen-bond donors (Lipinski definition) is 1. The number of nitrogens with zero attached hydrogens (tertiary/aromatic N) is 2. The summed E-state index contributed by atoms with van der Waals surface area (Å²) in [6.07, 6.45) is 5.84. The zero-order valence-electron chi connectivity index (χ0n) is 11.8. The average molecular weight is 247 g/mol. The van der Waals surface area contributed by atoms with Crippen LogP contribution >= 0.6 is 0 Å². The first-order valence-corrected chi connectivity index (χ1v) is 7.19. The van der Waals surface area contributed by atoms with Gasteiger partial charge in [0, 0.05) is 31.4 Å². The summed E-state index contributed by atoms with van der Waals surface area (Å²) in [6, 6.07) is 5.66. The topological polar surface area (TPSA) is 28.2 Å². The number of hydrogen-bond acceptors (Lipinski definition) is 3. The van der Waals surface area contributed by atoms with Crippen molar-refractivity contribution in [3.05, 3.63) is 23.9 Å². The quantitative estimate of drug-likeness (QED) is 0.803. The number of anilines is 1. The molecule has 1 aliphatic carbocycles. The molecule has 1 N–H and O–H groups in total. The summed E-state index contributed by atoms with van der Waals surface area (Å²) in [5, 5.41) is 3.52. The van der Waals surface area contributed by atoms with Gasteiger partial charge in [-0.05, 0) is 44.7 Å². The third kappa shape index (κ3) is 3.45. The number of pyridine rings is 1. The highest BCUT2D eigenvalue weighted by Gasteiger charge is 2.20. The first-order valence-electron chi connectivity index (χ1n) is 7.19. The van der Waals surface area contributed by atoms with Crippen LogP contribution in [0.4, 0.5) is 5.82 Å². The Bertz CT molecular complexity index is 357. The molecular formula is C15H25N3. The smallest absolute Gasteiger partial charge is 0.128 e. The largest absolute Gasteiger partial charge is 0.354 e. The van der Waals surface area contributed by atoms with Crippen LogP contribution in [0.1, 0.15) is 45.6 Å². The molecule has 1 fully saturated rings. The maximum atomic E-state index is 4.60. The van der Waals surface area contributed by atoms with Crippen LogP contribution in [-0.4, -0.2) is 23.6 Å². The second-order valence-electron chi connectivity index (χ2n) is 5.22. The van der Waals surface area contributed by atoms with Crippen molar-refractivity contribution in [1.29, 1.82) is 0 Å². The molecule has 0 spiro atoms. The summed E-state index contributed by atoms with van der Waals surface area (Å²) in [5.41, 5.74) is 1.28. The summed E-state index contributed by atoms with van der Waals surface area (Å²) in [4.78, 5) is 6.96. The van der Waals surface area contributed by atoms with Gasteiger partial charge in [-0.3, -0.25) is 0 Å². The highest BCUT2D eigenvalue weighted by molar-refractivity contribution is 5.40. The lowest BCUT2D eigenvalue weighted by Crippen LogP contribution is -2.33. The Morgan fingerprint density at radius 2 is 2.17 bits per heavy atom. The van der Waals surface area contributed by atoms with Gasteiger partial charge in [0.05, 0.1) is 0 Å². The SMILES string of the molecule is CCC(C)N(CC)c1ccc(CNC2CC2)cn1. The van der Waals surface area contributed by atoms with Gasteiger partial charge in [-0.1, -0.05) is 13.0 Å². The average Bonchev–Trinajstić information content (AvgIpc) is 3.22. The lowest BCUT2D eigenvalue weighted by atomic mass is 10.2. The molecule has 1 atom stereocenters. The molecule has 0 bridgehead atoms. The van der Waals surface area contributed by atoms with E-state index in [0.29, 0.717) is 6.04 Å². The van der Waals surface area contributed by atoms with Gasteiger partial charge in [-0.25, -0.2) is 4.98 Å². The van der Waals surface area contributed by atoms with E-state index in [0.717, 1.165) is 31.4 Å². The highest BCUT2D eigenvalue weighted by atomic mass is 15.2. The molecule has 0 radical (unpaired) electrons. The van der Waals surface area contributed by atoms with Crippen molar-refractivity contribution in [3.63, 3.8) is 0 Å². The van der Waals surface area contributed by atoms with Crippen molar-refractivity contribution >= 4 is 5.82 Å². The minimum atomic E-state index is 0.554. The van der Waals surface area contributed by atoms with Crippen molar-refractivity contribution in [1.82, 2.24) is 10.3 Å². The molecule has 1 aromatic rings. The molecule has 0 aliphatic heterocycles. The van der Waals surface area contributed by atoms with E-state index in [1.165, 1.54) is 18.4 Å². The molecule has 0 aromatic carbocycles. The van der Waals surface area contributed by atoms with Crippen molar-refractivity contribution in [2.75, 3.05) is 11.4 Å². The molecule has 18 heavy (non-hydrogen) atoms. The Morgan fingerprint density at radius 3 is 2.67 bits per heavy atom. The van der Waals surface area contributed by atoms with Crippen LogP contribution < -0.4 is 10.2 Å². The minimum Gasteiger partial charge on any atom is -0.354 e. The molecule has 0 saturated heterocycles. The Kier molecular flexibility index (Phi) is 4.59. The normalized spacial score (nSPS) is 16.6. The van der Waals surface area contributed by atoms with Crippen LogP contribution in [0.25, 0.3) is 0 Å². The molecule has 1 aromatic heterocycles. The molecule has 3 heteroatoms. The predicted octanol–water partition coefficient (Wildman–Crippen LogP) is 2.96. The van der Waals surface area contributed by atoms with E-state index in [2.05, 4.69) is 48.1 Å². The molecule has 1 unspecified atom stereocenters. The van der Waals surface area contributed by atoms with Crippen molar-refractivity contribution in [3.8, 4) is 0 Å². The first-order chi connectivity index (χ1) is 8.74. The second kappa shape index (κ2) is 6.19. The Balaban J connectivity index is 1.95. The Hall–Kier alpha value is -1.09. The van der Waals surface area contributed by atoms with E-state index >= 15 is 0 Å². The first kappa shape index (κ1) is 13.3. The van der Waals surface area contributed by atoms with Gasteiger partial charge in [0.1, 0.15) is 5.82 Å². The van der Waals surface area contributed by atoms with Crippen LogP contribution in [0.5, 0.6) is 0 Å². The van der Waals surface area contributed by atoms with Gasteiger partial charge in [-0.15, -0.1) is 0 Å². The standard InChI is InChI=1S/C15H25N3/c1-4-12(3)18(5-2)15-9-6-13(11-17-15)10-16-14-7-8-14/h6,9,11-12,14,16H,4-5,7-8,10H2,1-3H3. The maximum absolute atomic E-state index is 4.60. The molecular weight excluding hydrogens is 222 g/mol. The lowest BCUT2D eigenvalue weighted by Gasteiger charge is -2.28. The van der Waals surface area contributed by atoms with Gasteiger partial charge in [0.25, 0.3) is 0 Å². The zero-order chi connectivity index (χ0) is 13.0. The molecule has 1 saturated carbocycles. The summed E-state index contributed by atoms with van der Waals surface area (Å²) in [6.45, 7) is 8.64. The third-order valence-corrected chi connectivity index (χ3v) is 3.74. The highest BCUT2D eigenvalue weighted by Crippen LogP contribution is 2.20. The van der Waals surface area contributed by atoms with Gasteiger partial charge in [-0.2, -0.15) is 0 Å². The number of aromatic nitrogens is 1. The van der Waals surface area contributed by atoms with Crippen molar-refractivity contribution < 1.29 is 0 Å². The summed E-state index contributed by atoms with van der Waals surface area (Å²) < 4.78 is 0. The lowest BCUT2D eigenvalue weighted by molar-refractivity contribution is 0.622. The van der Waals surface area contributed by atoms with Crippen LogP contribution in [-0.2, 0) is 6.54 Å². The number of rotatable bonds is 7. The maximum Gasteiger partial charge on any atom is 0.128 e. The van der Waals surface area contributed by atoms with Gasteiger partial charge < -0.3 is 10.2 Å². The summed E-state index contributed by atoms with van der Waals surface area (Å²) >= 11 is 0. The van der Waals surface area contributed by atoms with E-state index in [-0.39, 0.29) is 0 Å². The molecule has 3 nitrogen and oxygen atoms in total. The fourth-order valence-electron chi connectivity index (χ4n) is 2.16. The number of nitrogens with one attached hydrogen (secondary N) is 1. The van der Waals surface area contributed by atoms with E-state index < -0.39 is 0 Å². The summed E-state index contributed by atoms with van der Waals surface area (Å²) in [7, 11) is 0. The fraction of sp³-hybridized carbons (Fsp3) is 0.667. The summed E-state index contributed by atoms with van der Waals surface area (Å²) in [5.74, 6) is 1.10. The molecule has 0 amide bonds. The van der Waals surface area contributed by atoms with Crippen molar-refractivity contribution in [2.45, 2.75) is 58.7 Å².